The highest BCUT2D eigenvalue weighted by Crippen LogP contribution is 2.29. The van der Waals surface area contributed by atoms with Crippen molar-refractivity contribution < 1.29 is 29.1 Å². The number of hydrogen-bond acceptors (Lipinski definition) is 11. The third kappa shape index (κ3) is 11.6. The maximum absolute atomic E-state index is 14.0. The molecule has 68 heavy (non-hydrogen) atoms. The minimum atomic E-state index is -0.913. The Labute approximate surface area is 399 Å². The van der Waals surface area contributed by atoms with Crippen molar-refractivity contribution >= 4 is 68.5 Å². The summed E-state index contributed by atoms with van der Waals surface area (Å²) in [5.41, 5.74) is 7.86. The molecule has 358 valence electrons. The Morgan fingerprint density at radius 3 is 2.54 bits per heavy atom. The molecule has 3 aromatic carbocycles. The first-order valence-corrected chi connectivity index (χ1v) is 24.2. The molecule has 0 radical (unpaired) electrons. The van der Waals surface area contributed by atoms with Crippen LogP contribution in [0.2, 0.25) is 0 Å². The summed E-state index contributed by atoms with van der Waals surface area (Å²) in [5.74, 6) is -0.260. The monoisotopic (exact) mass is 943 g/mol. The summed E-state index contributed by atoms with van der Waals surface area (Å²) in [7, 11) is 1.87. The maximum atomic E-state index is 14.0. The summed E-state index contributed by atoms with van der Waals surface area (Å²) >= 11 is 1.57. The molecule has 4 atom stereocenters. The van der Waals surface area contributed by atoms with Crippen molar-refractivity contribution in [3.8, 4) is 10.4 Å². The van der Waals surface area contributed by atoms with E-state index in [1.165, 1.54) is 4.90 Å². The summed E-state index contributed by atoms with van der Waals surface area (Å²) in [5, 5.41) is 27.6. The molecule has 17 nitrogen and oxygen atoms in total. The van der Waals surface area contributed by atoms with Gasteiger partial charge in [0, 0.05) is 69.1 Å². The lowest BCUT2D eigenvalue weighted by molar-refractivity contribution is -0.144. The van der Waals surface area contributed by atoms with E-state index in [9.17, 15) is 29.1 Å². The van der Waals surface area contributed by atoms with Crippen molar-refractivity contribution in [3.05, 3.63) is 95.0 Å². The third-order valence-electron chi connectivity index (χ3n) is 12.9. The molecule has 2 fully saturated rings. The largest absolute Gasteiger partial charge is 0.391 e. The molecule has 6 N–H and O–H groups in total. The fourth-order valence-electron chi connectivity index (χ4n) is 9.14. The first-order valence-electron chi connectivity index (χ1n) is 23.3. The highest BCUT2D eigenvalue weighted by Gasteiger charge is 2.44. The highest BCUT2D eigenvalue weighted by molar-refractivity contribution is 7.13. The number of imidazole rings is 1. The van der Waals surface area contributed by atoms with E-state index in [1.54, 1.807) is 28.3 Å². The highest BCUT2D eigenvalue weighted by atomic mass is 32.1. The van der Waals surface area contributed by atoms with Crippen LogP contribution in [0, 0.1) is 18.3 Å². The third-order valence-corrected chi connectivity index (χ3v) is 13.9. The van der Waals surface area contributed by atoms with Gasteiger partial charge in [-0.05, 0) is 91.6 Å². The summed E-state index contributed by atoms with van der Waals surface area (Å²) < 4.78 is 1.77. The molecule has 5 heterocycles. The number of nitrogens with one attached hydrogen (secondary N) is 5. The lowest BCUT2D eigenvalue weighted by Gasteiger charge is -2.35. The van der Waals surface area contributed by atoms with Crippen molar-refractivity contribution in [3.63, 3.8) is 0 Å². The summed E-state index contributed by atoms with van der Waals surface area (Å²) in [4.78, 5) is 83.9. The average molecular weight is 944 g/mol. The van der Waals surface area contributed by atoms with E-state index in [2.05, 4.69) is 41.2 Å². The van der Waals surface area contributed by atoms with Crippen LogP contribution >= 0.6 is 11.3 Å². The standard InChI is InChI=1S/C50H61N11O6S/c1-30-45(68-29-53-30)33-11-9-31(10-12-33)24-52-48(66)41-23-37(62)27-61(41)49(67)46(50(2,3)4)58-43(63)8-6-7-18-51-44(64)20-32-17-19-60(26-32)28-42-56-38-15-14-36(22-39(38)57-42)55-47(65)34-13-16-40-35(21-34)25-54-59(40)5/h9-16,21-22,25,29,32,37,41,46,62H,6-8,17-20,23-24,26-28H2,1-5H3,(H,51,64)(H,52,66)(H,55,65)(H,56,57)(H,58,63)/t32?,37-,41+,46?/m1/s1. The lowest BCUT2D eigenvalue weighted by atomic mass is 9.85. The maximum Gasteiger partial charge on any atom is 0.255 e. The average Bonchev–Trinajstić information content (AvgIpc) is 4.16. The van der Waals surface area contributed by atoms with Crippen LogP contribution in [0.5, 0.6) is 0 Å². The molecular formula is C50H61N11O6S. The smallest absolute Gasteiger partial charge is 0.255 e. The second-order valence-corrected chi connectivity index (χ2v) is 20.1. The lowest BCUT2D eigenvalue weighted by Crippen LogP contribution is -2.57. The van der Waals surface area contributed by atoms with Gasteiger partial charge in [0.25, 0.3) is 5.91 Å². The number of unbranched alkanes of at least 4 members (excludes halogenated alkanes) is 1. The number of carbonyl (C=O) groups excluding carboxylic acids is 5. The molecule has 6 aromatic rings. The fraction of sp³-hybridized carbons (Fsp3) is 0.440. The van der Waals surface area contributed by atoms with E-state index in [0.717, 1.165) is 69.0 Å². The molecule has 5 amide bonds. The minimum absolute atomic E-state index is 0.000717. The second kappa shape index (κ2) is 20.8. The van der Waals surface area contributed by atoms with Gasteiger partial charge in [0.05, 0.1) is 51.5 Å². The van der Waals surface area contributed by atoms with E-state index in [4.69, 9.17) is 4.98 Å². The zero-order chi connectivity index (χ0) is 48.1. The number of hydrogen-bond donors (Lipinski definition) is 6. The number of aromatic nitrogens is 5. The van der Waals surface area contributed by atoms with Gasteiger partial charge in [-0.2, -0.15) is 5.10 Å². The Hall–Kier alpha value is -6.50. The van der Waals surface area contributed by atoms with E-state index < -0.39 is 29.5 Å². The molecule has 2 unspecified atom stereocenters. The number of nitrogens with zero attached hydrogens (tertiary/aromatic N) is 6. The number of aliphatic hydroxyl groups excluding tert-OH is 1. The van der Waals surface area contributed by atoms with Crippen LogP contribution in [0.25, 0.3) is 32.4 Å². The van der Waals surface area contributed by atoms with Crippen molar-refractivity contribution in [1.29, 1.82) is 0 Å². The van der Waals surface area contributed by atoms with Crippen LogP contribution in [0.1, 0.15) is 86.7 Å². The summed E-state index contributed by atoms with van der Waals surface area (Å²) in [6.07, 6.45) is 3.57. The number of fused-ring (bicyclic) bond motifs is 2. The van der Waals surface area contributed by atoms with Crippen molar-refractivity contribution in [2.45, 2.75) is 97.5 Å². The predicted octanol–water partition coefficient (Wildman–Crippen LogP) is 5.44. The first-order chi connectivity index (χ1) is 32.6. The molecule has 0 aliphatic carbocycles. The fourth-order valence-corrected chi connectivity index (χ4v) is 9.96. The van der Waals surface area contributed by atoms with Gasteiger partial charge in [0.1, 0.15) is 17.9 Å². The second-order valence-electron chi connectivity index (χ2n) is 19.3. The molecule has 2 saturated heterocycles. The van der Waals surface area contributed by atoms with E-state index in [1.807, 2.05) is 94.9 Å². The van der Waals surface area contributed by atoms with Gasteiger partial charge in [0.15, 0.2) is 0 Å². The van der Waals surface area contributed by atoms with Crippen molar-refractivity contribution in [2.24, 2.45) is 18.4 Å². The predicted molar refractivity (Wildman–Crippen MR) is 261 cm³/mol. The van der Waals surface area contributed by atoms with E-state index in [-0.39, 0.29) is 55.5 Å². The Kier molecular flexibility index (Phi) is 14.7. The number of rotatable bonds is 17. The molecule has 2 aliphatic rings. The van der Waals surface area contributed by atoms with Crippen LogP contribution < -0.4 is 21.3 Å². The number of carbonyl (C=O) groups is 5. The van der Waals surface area contributed by atoms with Crippen LogP contribution in [0.4, 0.5) is 5.69 Å². The molecular weight excluding hydrogens is 883 g/mol. The number of benzene rings is 3. The molecule has 0 spiro atoms. The topological polar surface area (TPSA) is 220 Å². The van der Waals surface area contributed by atoms with E-state index in [0.29, 0.717) is 43.6 Å². The summed E-state index contributed by atoms with van der Waals surface area (Å²) in [6.45, 7) is 10.5. The number of likely N-dealkylation sites (tertiary alicyclic amines) is 2. The molecule has 8 rings (SSSR count). The number of aliphatic hydroxyl groups is 1. The Morgan fingerprint density at radius 2 is 1.78 bits per heavy atom. The zero-order valence-electron chi connectivity index (χ0n) is 39.3. The number of thiazole rings is 1. The Morgan fingerprint density at radius 1 is 0.971 bits per heavy atom. The number of aromatic amines is 1. The molecule has 0 bridgehead atoms. The van der Waals surface area contributed by atoms with Crippen LogP contribution in [-0.4, -0.2) is 114 Å². The van der Waals surface area contributed by atoms with Crippen molar-refractivity contribution in [2.75, 3.05) is 31.5 Å². The number of aryl methyl sites for hydroxylation is 2. The van der Waals surface area contributed by atoms with Crippen LogP contribution in [-0.2, 0) is 39.3 Å². The first kappa shape index (κ1) is 48.0. The minimum Gasteiger partial charge on any atom is -0.391 e. The SMILES string of the molecule is Cc1ncsc1-c1ccc(CNC(=O)[C@@H]2C[C@@H](O)CN2C(=O)C(NC(=O)CCCCNC(=O)CC2CCN(Cc3nc4ccc(NC(=O)c5ccc6c(cnn6C)c5)cc4[nH]3)C2)C(C)(C)C)cc1. The number of β-amino-alcohol motifs (C(OH)–C–C–N with tert-alkyl or cyclic N) is 1. The van der Waals surface area contributed by atoms with Crippen LogP contribution in [0.15, 0.2) is 72.4 Å². The zero-order valence-corrected chi connectivity index (χ0v) is 40.1. The van der Waals surface area contributed by atoms with Gasteiger partial charge in [-0.25, -0.2) is 9.97 Å². The Bertz CT molecular complexity index is 2790. The van der Waals surface area contributed by atoms with Gasteiger partial charge in [-0.1, -0.05) is 45.0 Å². The molecule has 3 aromatic heterocycles. The number of anilines is 1. The normalized spacial score (nSPS) is 18.0. The van der Waals surface area contributed by atoms with Gasteiger partial charge < -0.3 is 36.3 Å². The van der Waals surface area contributed by atoms with Crippen molar-refractivity contribution in [1.82, 2.24) is 50.5 Å². The van der Waals surface area contributed by atoms with E-state index >= 15 is 0 Å². The van der Waals surface area contributed by atoms with Crippen LogP contribution in [0.3, 0.4) is 0 Å². The molecule has 2 aliphatic heterocycles. The van der Waals surface area contributed by atoms with Gasteiger partial charge in [-0.15, -0.1) is 11.3 Å². The Balaban J connectivity index is 0.734. The van der Waals surface area contributed by atoms with Gasteiger partial charge in [-0.3, -0.25) is 33.6 Å². The van der Waals surface area contributed by atoms with Gasteiger partial charge >= 0.3 is 0 Å². The quantitative estimate of drug-likeness (QED) is 0.0636. The van der Waals surface area contributed by atoms with Gasteiger partial charge in [0.2, 0.25) is 23.6 Å². The number of amides is 5. The number of H-pyrrole nitrogens is 1. The molecule has 0 saturated carbocycles. The molecule has 18 heteroatoms. The summed E-state index contributed by atoms with van der Waals surface area (Å²) in [6, 6.07) is 17.2.